The van der Waals surface area contributed by atoms with Gasteiger partial charge in [-0.2, -0.15) is 4.31 Å². The predicted molar refractivity (Wildman–Crippen MR) is 69.4 cm³/mol. The van der Waals surface area contributed by atoms with Crippen molar-refractivity contribution in [3.05, 3.63) is 11.5 Å². The molecule has 1 N–H and O–H groups in total. The first-order chi connectivity index (χ1) is 7.94. The van der Waals surface area contributed by atoms with Gasteiger partial charge in [-0.25, -0.2) is 8.42 Å². The van der Waals surface area contributed by atoms with E-state index in [0.29, 0.717) is 31.1 Å². The molecule has 0 saturated carbocycles. The van der Waals surface area contributed by atoms with E-state index in [1.54, 1.807) is 13.8 Å². The van der Waals surface area contributed by atoms with Crippen LogP contribution in [0.3, 0.4) is 0 Å². The molecule has 0 amide bonds. The van der Waals surface area contributed by atoms with Crippen molar-refractivity contribution in [2.24, 2.45) is 0 Å². The van der Waals surface area contributed by atoms with Crippen molar-refractivity contribution in [1.82, 2.24) is 14.8 Å². The number of sulfonamides is 1. The minimum Gasteiger partial charge on any atom is -0.360 e. The van der Waals surface area contributed by atoms with E-state index >= 15 is 0 Å². The molecule has 1 aromatic heterocycles. The SMILES string of the molecule is Cc1noc(C)c1S(=O)(=O)N1CCNC[C@H]1C.Cl. The second-order valence-electron chi connectivity index (χ2n) is 4.32. The molecule has 0 spiro atoms. The summed E-state index contributed by atoms with van der Waals surface area (Å²) in [5.74, 6) is 0.355. The van der Waals surface area contributed by atoms with Gasteiger partial charge in [0, 0.05) is 25.7 Å². The van der Waals surface area contributed by atoms with Gasteiger partial charge in [0.2, 0.25) is 10.0 Å². The zero-order valence-electron chi connectivity index (χ0n) is 10.6. The Morgan fingerprint density at radius 2 is 2.11 bits per heavy atom. The van der Waals surface area contributed by atoms with Crippen molar-refractivity contribution in [2.45, 2.75) is 31.7 Å². The van der Waals surface area contributed by atoms with E-state index in [0.717, 1.165) is 0 Å². The Labute approximate surface area is 113 Å². The number of rotatable bonds is 2. The first-order valence-corrected chi connectivity index (χ1v) is 7.04. The lowest BCUT2D eigenvalue weighted by molar-refractivity contribution is 0.283. The minimum absolute atomic E-state index is 0. The number of aromatic nitrogens is 1. The van der Waals surface area contributed by atoms with Crippen LogP contribution in [0.2, 0.25) is 0 Å². The van der Waals surface area contributed by atoms with Crippen LogP contribution >= 0.6 is 12.4 Å². The van der Waals surface area contributed by atoms with Crippen LogP contribution in [0.5, 0.6) is 0 Å². The van der Waals surface area contributed by atoms with E-state index in [9.17, 15) is 8.42 Å². The Morgan fingerprint density at radius 3 is 2.61 bits per heavy atom. The summed E-state index contributed by atoms with van der Waals surface area (Å²) in [5, 5.41) is 6.87. The molecule has 1 fully saturated rings. The van der Waals surface area contributed by atoms with Crippen molar-refractivity contribution >= 4 is 22.4 Å². The van der Waals surface area contributed by atoms with Crippen LogP contribution in [0.1, 0.15) is 18.4 Å². The molecular weight excluding hydrogens is 278 g/mol. The molecule has 2 rings (SSSR count). The molecule has 1 aromatic rings. The van der Waals surface area contributed by atoms with Crippen LogP contribution in [-0.4, -0.2) is 43.6 Å². The lowest BCUT2D eigenvalue weighted by Gasteiger charge is -2.32. The van der Waals surface area contributed by atoms with Gasteiger partial charge in [0.1, 0.15) is 10.6 Å². The first kappa shape index (κ1) is 15.4. The largest absolute Gasteiger partial charge is 0.360 e. The highest BCUT2D eigenvalue weighted by Gasteiger charge is 2.35. The molecule has 1 saturated heterocycles. The lowest BCUT2D eigenvalue weighted by atomic mass is 10.3. The second kappa shape index (κ2) is 5.56. The smallest absolute Gasteiger partial charge is 0.248 e. The molecular formula is C10H18ClN3O3S. The molecule has 0 aliphatic carbocycles. The van der Waals surface area contributed by atoms with E-state index in [-0.39, 0.29) is 23.3 Å². The molecule has 0 bridgehead atoms. The summed E-state index contributed by atoms with van der Waals surface area (Å²) in [6, 6.07) is -0.0533. The van der Waals surface area contributed by atoms with Gasteiger partial charge in [0.05, 0.1) is 0 Å². The molecule has 1 aliphatic heterocycles. The second-order valence-corrected chi connectivity index (χ2v) is 6.15. The summed E-state index contributed by atoms with van der Waals surface area (Å²) >= 11 is 0. The highest BCUT2D eigenvalue weighted by molar-refractivity contribution is 7.89. The average molecular weight is 296 g/mol. The molecule has 104 valence electrons. The summed E-state index contributed by atoms with van der Waals surface area (Å²) < 4.78 is 31.4. The zero-order valence-corrected chi connectivity index (χ0v) is 12.3. The normalized spacial score (nSPS) is 21.6. The molecule has 6 nitrogen and oxygen atoms in total. The van der Waals surface area contributed by atoms with Gasteiger partial charge >= 0.3 is 0 Å². The molecule has 0 unspecified atom stereocenters. The van der Waals surface area contributed by atoms with Crippen LogP contribution in [0, 0.1) is 13.8 Å². The minimum atomic E-state index is -3.49. The van der Waals surface area contributed by atoms with E-state index in [4.69, 9.17) is 4.52 Å². The summed E-state index contributed by atoms with van der Waals surface area (Å²) in [5.41, 5.74) is 0.424. The van der Waals surface area contributed by atoms with Crippen LogP contribution in [-0.2, 0) is 10.0 Å². The topological polar surface area (TPSA) is 75.4 Å². The van der Waals surface area contributed by atoms with Gasteiger partial charge in [-0.05, 0) is 20.8 Å². The van der Waals surface area contributed by atoms with Gasteiger partial charge in [0.25, 0.3) is 0 Å². The van der Waals surface area contributed by atoms with Gasteiger partial charge < -0.3 is 9.84 Å². The fourth-order valence-electron chi connectivity index (χ4n) is 2.14. The maximum absolute atomic E-state index is 12.5. The third kappa shape index (κ3) is 2.54. The third-order valence-electron chi connectivity index (χ3n) is 2.97. The van der Waals surface area contributed by atoms with Crippen molar-refractivity contribution in [3.8, 4) is 0 Å². The van der Waals surface area contributed by atoms with Crippen molar-refractivity contribution in [3.63, 3.8) is 0 Å². The molecule has 0 radical (unpaired) electrons. The number of piperazine rings is 1. The van der Waals surface area contributed by atoms with E-state index in [1.165, 1.54) is 4.31 Å². The number of halogens is 1. The molecule has 1 aliphatic rings. The summed E-state index contributed by atoms with van der Waals surface area (Å²) in [6.07, 6.45) is 0. The maximum Gasteiger partial charge on any atom is 0.248 e. The van der Waals surface area contributed by atoms with Crippen molar-refractivity contribution < 1.29 is 12.9 Å². The van der Waals surface area contributed by atoms with Gasteiger partial charge in [-0.15, -0.1) is 12.4 Å². The summed E-state index contributed by atoms with van der Waals surface area (Å²) in [6.45, 7) is 6.99. The van der Waals surface area contributed by atoms with E-state index < -0.39 is 10.0 Å². The lowest BCUT2D eigenvalue weighted by Crippen LogP contribution is -2.52. The Balaban J connectivity index is 0.00000162. The monoisotopic (exact) mass is 295 g/mol. The number of hydrogen-bond donors (Lipinski definition) is 1. The predicted octanol–water partition coefficient (Wildman–Crippen LogP) is 0.696. The Bertz CT molecular complexity index is 495. The molecule has 2 heterocycles. The quantitative estimate of drug-likeness (QED) is 0.869. The van der Waals surface area contributed by atoms with Crippen LogP contribution in [0.25, 0.3) is 0 Å². The van der Waals surface area contributed by atoms with Gasteiger partial charge in [-0.3, -0.25) is 0 Å². The van der Waals surface area contributed by atoms with E-state index in [2.05, 4.69) is 10.5 Å². The Kier molecular flexibility index (Phi) is 4.77. The number of nitrogens with one attached hydrogen (secondary N) is 1. The summed E-state index contributed by atoms with van der Waals surface area (Å²) in [4.78, 5) is 0.214. The van der Waals surface area contributed by atoms with E-state index in [1.807, 2.05) is 6.92 Å². The highest BCUT2D eigenvalue weighted by atomic mass is 35.5. The molecule has 18 heavy (non-hydrogen) atoms. The van der Waals surface area contributed by atoms with Crippen LogP contribution in [0.15, 0.2) is 9.42 Å². The standard InChI is InChI=1S/C10H17N3O3S.ClH/c1-7-6-11-4-5-13(7)17(14,15)10-8(2)12-16-9(10)3;/h7,11H,4-6H2,1-3H3;1H/t7-;/m1./s1. The average Bonchev–Trinajstić information content (AvgIpc) is 2.59. The first-order valence-electron chi connectivity index (χ1n) is 5.60. The van der Waals surface area contributed by atoms with Crippen molar-refractivity contribution in [1.29, 1.82) is 0 Å². The zero-order chi connectivity index (χ0) is 12.6. The fraction of sp³-hybridized carbons (Fsp3) is 0.700. The number of aryl methyl sites for hydroxylation is 2. The number of nitrogens with zero attached hydrogens (tertiary/aromatic N) is 2. The molecule has 8 heteroatoms. The molecule has 1 atom stereocenters. The molecule has 0 aromatic carbocycles. The fourth-order valence-corrected chi connectivity index (χ4v) is 4.07. The Morgan fingerprint density at radius 1 is 1.44 bits per heavy atom. The number of hydrogen-bond acceptors (Lipinski definition) is 5. The van der Waals surface area contributed by atoms with Crippen LogP contribution in [0.4, 0.5) is 0 Å². The highest BCUT2D eigenvalue weighted by Crippen LogP contribution is 2.25. The third-order valence-corrected chi connectivity index (χ3v) is 5.23. The van der Waals surface area contributed by atoms with Gasteiger partial charge in [-0.1, -0.05) is 5.16 Å². The van der Waals surface area contributed by atoms with Gasteiger partial charge in [0.15, 0.2) is 5.76 Å². The summed E-state index contributed by atoms with van der Waals surface area (Å²) in [7, 11) is -3.49. The Hall–Kier alpha value is -0.630. The van der Waals surface area contributed by atoms with Crippen LogP contribution < -0.4 is 5.32 Å². The maximum atomic E-state index is 12.5. The van der Waals surface area contributed by atoms with Crippen molar-refractivity contribution in [2.75, 3.05) is 19.6 Å².